The summed E-state index contributed by atoms with van der Waals surface area (Å²) in [6.45, 7) is 5.19. The molecule has 0 aromatic heterocycles. The number of nitrogens with one attached hydrogen (secondary N) is 1. The first-order chi connectivity index (χ1) is 7.31. The molecule has 0 amide bonds. The van der Waals surface area contributed by atoms with Crippen molar-refractivity contribution in [1.82, 2.24) is 15.3 Å². The molecule has 2 aliphatic heterocycles. The van der Waals surface area contributed by atoms with Crippen molar-refractivity contribution in [2.24, 2.45) is 4.99 Å². The minimum Gasteiger partial charge on any atom is -0.312 e. The van der Waals surface area contributed by atoms with Gasteiger partial charge in [0.2, 0.25) is 6.29 Å². The van der Waals surface area contributed by atoms with Crippen LogP contribution in [0.2, 0.25) is 0 Å². The third kappa shape index (κ3) is 2.37. The summed E-state index contributed by atoms with van der Waals surface area (Å²) >= 11 is 0. The van der Waals surface area contributed by atoms with Crippen molar-refractivity contribution in [3.05, 3.63) is 12.3 Å². The Balaban J connectivity index is 2.01. The highest BCUT2D eigenvalue weighted by molar-refractivity contribution is 5.71. The van der Waals surface area contributed by atoms with Gasteiger partial charge < -0.3 is 5.32 Å². The lowest BCUT2D eigenvalue weighted by molar-refractivity contribution is -0.163. The smallest absolute Gasteiger partial charge is 0.201 e. The Bertz CT molecular complexity index is 266. The van der Waals surface area contributed by atoms with Gasteiger partial charge in [-0.3, -0.25) is 14.7 Å². The first kappa shape index (κ1) is 10.6. The summed E-state index contributed by atoms with van der Waals surface area (Å²) in [5.41, 5.74) is 0. The molecule has 0 spiro atoms. The van der Waals surface area contributed by atoms with Crippen molar-refractivity contribution >= 4 is 6.21 Å². The van der Waals surface area contributed by atoms with Gasteiger partial charge in [-0.05, 0) is 13.0 Å². The maximum absolute atomic E-state index is 5.26. The van der Waals surface area contributed by atoms with E-state index in [9.17, 15) is 0 Å². The largest absolute Gasteiger partial charge is 0.312 e. The minimum atomic E-state index is -0.00968. The lowest BCUT2D eigenvalue weighted by Crippen LogP contribution is -2.56. The van der Waals surface area contributed by atoms with Crippen LogP contribution in [0.5, 0.6) is 0 Å². The fourth-order valence-corrected chi connectivity index (χ4v) is 1.97. The number of nitrogens with zero attached hydrogens (tertiary/aromatic N) is 3. The normalized spacial score (nSPS) is 32.3. The fourth-order valence-electron chi connectivity index (χ4n) is 1.97. The van der Waals surface area contributed by atoms with Crippen LogP contribution in [0.4, 0.5) is 0 Å². The van der Waals surface area contributed by atoms with Crippen LogP contribution in [0.1, 0.15) is 6.92 Å². The molecule has 84 valence electrons. The zero-order chi connectivity index (χ0) is 10.7. The van der Waals surface area contributed by atoms with Gasteiger partial charge in [0, 0.05) is 38.1 Å². The van der Waals surface area contributed by atoms with E-state index in [1.807, 2.05) is 18.5 Å². The molecule has 2 rings (SSSR count). The minimum absolute atomic E-state index is 0.00968. The van der Waals surface area contributed by atoms with Crippen molar-refractivity contribution < 1.29 is 4.84 Å². The van der Waals surface area contributed by atoms with E-state index >= 15 is 0 Å². The Hall–Kier alpha value is -0.910. The highest BCUT2D eigenvalue weighted by atomic mass is 16.7. The zero-order valence-electron chi connectivity index (χ0n) is 9.26. The topological polar surface area (TPSA) is 40.1 Å². The van der Waals surface area contributed by atoms with Crippen LogP contribution in [0.15, 0.2) is 17.3 Å². The predicted octanol–water partition coefficient (Wildman–Crippen LogP) is 0.0252. The Kier molecular flexibility index (Phi) is 3.35. The summed E-state index contributed by atoms with van der Waals surface area (Å²) in [6.07, 6.45) is 5.60. The van der Waals surface area contributed by atoms with Crippen LogP contribution in [0.3, 0.4) is 0 Å². The molecule has 0 radical (unpaired) electrons. The summed E-state index contributed by atoms with van der Waals surface area (Å²) in [7, 11) is 1.67. The monoisotopic (exact) mass is 210 g/mol. The third-order valence-corrected chi connectivity index (χ3v) is 2.70. The number of rotatable bonds is 2. The van der Waals surface area contributed by atoms with E-state index in [4.69, 9.17) is 4.84 Å². The number of piperazine rings is 1. The summed E-state index contributed by atoms with van der Waals surface area (Å²) in [6, 6.07) is 0.513. The Labute approximate surface area is 90.4 Å². The quantitative estimate of drug-likeness (QED) is 0.698. The first-order valence-corrected chi connectivity index (χ1v) is 5.31. The Morgan fingerprint density at radius 3 is 3.13 bits per heavy atom. The number of hydrogen-bond acceptors (Lipinski definition) is 5. The molecular formula is C10H18N4O. The Morgan fingerprint density at radius 2 is 2.40 bits per heavy atom. The molecule has 0 aliphatic carbocycles. The predicted molar refractivity (Wildman–Crippen MR) is 59.3 cm³/mol. The Morgan fingerprint density at radius 1 is 1.53 bits per heavy atom. The summed E-state index contributed by atoms with van der Waals surface area (Å²) < 4.78 is 0. The van der Waals surface area contributed by atoms with E-state index in [1.165, 1.54) is 0 Å². The second-order valence-corrected chi connectivity index (χ2v) is 3.88. The lowest BCUT2D eigenvalue weighted by Gasteiger charge is -2.40. The van der Waals surface area contributed by atoms with Gasteiger partial charge in [-0.15, -0.1) is 0 Å². The van der Waals surface area contributed by atoms with Crippen LogP contribution in [0.25, 0.3) is 0 Å². The van der Waals surface area contributed by atoms with Crippen molar-refractivity contribution in [3.63, 3.8) is 0 Å². The first-order valence-electron chi connectivity index (χ1n) is 5.31. The molecule has 0 aromatic carbocycles. The van der Waals surface area contributed by atoms with E-state index in [0.29, 0.717) is 6.04 Å². The number of hydroxylamine groups is 2. The van der Waals surface area contributed by atoms with Crippen LogP contribution in [-0.4, -0.2) is 55.3 Å². The third-order valence-electron chi connectivity index (χ3n) is 2.70. The number of aliphatic imine (C=N–C) groups is 1. The molecule has 1 N–H and O–H groups in total. The standard InChI is InChI=1S/C10H18N4O/c1-9-8-13(7-5-11-9)10-12-4-3-6-14(10)15-2/h3-4,6,9-11H,5,7-8H2,1-2H3. The van der Waals surface area contributed by atoms with E-state index < -0.39 is 0 Å². The van der Waals surface area contributed by atoms with Crippen LogP contribution in [0, 0.1) is 0 Å². The van der Waals surface area contributed by atoms with Gasteiger partial charge >= 0.3 is 0 Å². The molecule has 2 heterocycles. The summed E-state index contributed by atoms with van der Waals surface area (Å²) in [5.74, 6) is 0. The van der Waals surface area contributed by atoms with Crippen LogP contribution < -0.4 is 5.32 Å². The molecule has 5 nitrogen and oxygen atoms in total. The van der Waals surface area contributed by atoms with Crippen LogP contribution in [-0.2, 0) is 4.84 Å². The average Bonchev–Trinajstić information content (AvgIpc) is 2.29. The van der Waals surface area contributed by atoms with Crippen molar-refractivity contribution in [3.8, 4) is 0 Å². The van der Waals surface area contributed by atoms with E-state index in [0.717, 1.165) is 19.6 Å². The molecule has 1 fully saturated rings. The van der Waals surface area contributed by atoms with E-state index in [1.54, 1.807) is 12.2 Å². The molecule has 0 bridgehead atoms. The molecule has 15 heavy (non-hydrogen) atoms. The van der Waals surface area contributed by atoms with Gasteiger partial charge in [-0.2, -0.15) is 0 Å². The van der Waals surface area contributed by atoms with Crippen molar-refractivity contribution in [1.29, 1.82) is 0 Å². The molecular weight excluding hydrogens is 192 g/mol. The molecule has 5 heteroatoms. The molecule has 0 aromatic rings. The van der Waals surface area contributed by atoms with Gasteiger partial charge in [-0.25, -0.2) is 5.06 Å². The maximum atomic E-state index is 5.26. The average molecular weight is 210 g/mol. The van der Waals surface area contributed by atoms with Crippen LogP contribution >= 0.6 is 0 Å². The zero-order valence-corrected chi connectivity index (χ0v) is 9.26. The van der Waals surface area contributed by atoms with Gasteiger partial charge in [0.25, 0.3) is 0 Å². The van der Waals surface area contributed by atoms with Crippen molar-refractivity contribution in [2.75, 3.05) is 26.7 Å². The second kappa shape index (κ2) is 4.74. The summed E-state index contributed by atoms with van der Waals surface area (Å²) in [4.78, 5) is 12.0. The highest BCUT2D eigenvalue weighted by Gasteiger charge is 2.27. The van der Waals surface area contributed by atoms with Crippen molar-refractivity contribution in [2.45, 2.75) is 19.3 Å². The molecule has 0 saturated carbocycles. The second-order valence-electron chi connectivity index (χ2n) is 3.88. The van der Waals surface area contributed by atoms with E-state index in [-0.39, 0.29) is 6.29 Å². The maximum Gasteiger partial charge on any atom is 0.201 e. The lowest BCUT2D eigenvalue weighted by atomic mass is 10.2. The number of hydrogen-bond donors (Lipinski definition) is 1. The highest BCUT2D eigenvalue weighted by Crippen LogP contribution is 2.13. The van der Waals surface area contributed by atoms with Gasteiger partial charge in [0.05, 0.1) is 7.11 Å². The molecule has 2 aliphatic rings. The SMILES string of the molecule is CON1C=CC=NC1N1CCNC(C)C1. The molecule has 1 saturated heterocycles. The summed E-state index contributed by atoms with van der Waals surface area (Å²) in [5, 5.41) is 5.19. The fraction of sp³-hybridized carbons (Fsp3) is 0.700. The van der Waals surface area contributed by atoms with Gasteiger partial charge in [0.1, 0.15) is 0 Å². The number of allylic oxidation sites excluding steroid dienone is 1. The van der Waals surface area contributed by atoms with E-state index in [2.05, 4.69) is 22.1 Å². The van der Waals surface area contributed by atoms with Gasteiger partial charge in [0.15, 0.2) is 0 Å². The molecule has 2 unspecified atom stereocenters. The molecule has 2 atom stereocenters. The van der Waals surface area contributed by atoms with Gasteiger partial charge in [-0.1, -0.05) is 0 Å².